The van der Waals surface area contributed by atoms with E-state index in [4.69, 9.17) is 5.73 Å². The Bertz CT molecular complexity index is 626. The fraction of sp³-hybridized carbons (Fsp3) is 0.200. The van der Waals surface area contributed by atoms with Gasteiger partial charge in [-0.15, -0.1) is 0 Å². The van der Waals surface area contributed by atoms with Crippen LogP contribution in [0.3, 0.4) is 0 Å². The molecule has 0 saturated heterocycles. The zero-order valence-electron chi connectivity index (χ0n) is 10.4. The van der Waals surface area contributed by atoms with E-state index < -0.39 is 5.82 Å². The summed E-state index contributed by atoms with van der Waals surface area (Å²) < 4.78 is 26.7. The average molecular weight is 260 g/mol. The van der Waals surface area contributed by atoms with Gasteiger partial charge in [-0.25, -0.2) is 8.78 Å². The highest BCUT2D eigenvalue weighted by Crippen LogP contribution is 2.31. The first-order chi connectivity index (χ1) is 9.15. The van der Waals surface area contributed by atoms with Crippen molar-refractivity contribution in [1.82, 2.24) is 0 Å². The molecule has 98 valence electrons. The predicted molar refractivity (Wildman–Crippen MR) is 72.0 cm³/mol. The zero-order valence-corrected chi connectivity index (χ0v) is 10.4. The van der Waals surface area contributed by atoms with Crippen molar-refractivity contribution < 1.29 is 8.78 Å². The highest BCUT2D eigenvalue weighted by Gasteiger charge is 2.20. The Hall–Kier alpha value is -2.10. The SMILES string of the molecule is Nc1c(F)cccc1CN1CCc2ccc(F)cc21. The molecule has 0 radical (unpaired) electrons. The van der Waals surface area contributed by atoms with Gasteiger partial charge in [-0.3, -0.25) is 0 Å². The smallest absolute Gasteiger partial charge is 0.146 e. The van der Waals surface area contributed by atoms with Gasteiger partial charge in [0.1, 0.15) is 11.6 Å². The molecule has 4 heteroatoms. The molecule has 19 heavy (non-hydrogen) atoms. The molecule has 0 saturated carbocycles. The van der Waals surface area contributed by atoms with Crippen molar-refractivity contribution in [2.75, 3.05) is 17.2 Å². The molecule has 0 amide bonds. The summed E-state index contributed by atoms with van der Waals surface area (Å²) in [4.78, 5) is 2.03. The summed E-state index contributed by atoms with van der Waals surface area (Å²) >= 11 is 0. The first-order valence-electron chi connectivity index (χ1n) is 6.21. The lowest BCUT2D eigenvalue weighted by Gasteiger charge is -2.20. The topological polar surface area (TPSA) is 29.3 Å². The molecule has 0 bridgehead atoms. The van der Waals surface area contributed by atoms with Crippen LogP contribution in [0.15, 0.2) is 36.4 Å². The summed E-state index contributed by atoms with van der Waals surface area (Å²) in [5.41, 5.74) is 8.64. The van der Waals surface area contributed by atoms with Crippen molar-refractivity contribution in [2.24, 2.45) is 0 Å². The highest BCUT2D eigenvalue weighted by molar-refractivity contribution is 5.60. The van der Waals surface area contributed by atoms with Crippen molar-refractivity contribution in [3.8, 4) is 0 Å². The lowest BCUT2D eigenvalue weighted by molar-refractivity contribution is 0.626. The number of anilines is 2. The average Bonchev–Trinajstić information content (AvgIpc) is 2.78. The van der Waals surface area contributed by atoms with Gasteiger partial charge in [-0.05, 0) is 35.7 Å². The predicted octanol–water partition coefficient (Wildman–Crippen LogP) is 3.11. The summed E-state index contributed by atoms with van der Waals surface area (Å²) in [5.74, 6) is -0.658. The molecule has 0 spiro atoms. The van der Waals surface area contributed by atoms with Crippen LogP contribution in [0, 0.1) is 11.6 Å². The van der Waals surface area contributed by atoms with Gasteiger partial charge >= 0.3 is 0 Å². The molecular weight excluding hydrogens is 246 g/mol. The number of hydrogen-bond acceptors (Lipinski definition) is 2. The van der Waals surface area contributed by atoms with Gasteiger partial charge in [0, 0.05) is 18.8 Å². The minimum atomic E-state index is -0.406. The first-order valence-corrected chi connectivity index (χ1v) is 6.21. The number of hydrogen-bond donors (Lipinski definition) is 1. The van der Waals surface area contributed by atoms with Crippen LogP contribution in [0.2, 0.25) is 0 Å². The van der Waals surface area contributed by atoms with Crippen LogP contribution in [0.1, 0.15) is 11.1 Å². The summed E-state index contributed by atoms with van der Waals surface area (Å²) in [6.07, 6.45) is 0.880. The maximum absolute atomic E-state index is 13.4. The number of para-hydroxylation sites is 1. The molecule has 1 heterocycles. The van der Waals surface area contributed by atoms with Gasteiger partial charge in [-0.1, -0.05) is 18.2 Å². The lowest BCUT2D eigenvalue weighted by atomic mass is 10.1. The van der Waals surface area contributed by atoms with E-state index in [0.29, 0.717) is 6.54 Å². The van der Waals surface area contributed by atoms with Gasteiger partial charge in [0.15, 0.2) is 0 Å². The first kappa shape index (κ1) is 12.0. The van der Waals surface area contributed by atoms with Crippen molar-refractivity contribution in [1.29, 1.82) is 0 Å². The minimum absolute atomic E-state index is 0.173. The Balaban J connectivity index is 1.90. The van der Waals surface area contributed by atoms with E-state index in [2.05, 4.69) is 0 Å². The van der Waals surface area contributed by atoms with Gasteiger partial charge in [-0.2, -0.15) is 0 Å². The molecule has 0 aliphatic carbocycles. The monoisotopic (exact) mass is 260 g/mol. The van der Waals surface area contributed by atoms with Crippen molar-refractivity contribution >= 4 is 11.4 Å². The van der Waals surface area contributed by atoms with Crippen LogP contribution in [-0.4, -0.2) is 6.54 Å². The van der Waals surface area contributed by atoms with Crippen LogP contribution in [0.4, 0.5) is 20.2 Å². The van der Waals surface area contributed by atoms with Crippen LogP contribution in [0.25, 0.3) is 0 Å². The molecule has 0 fully saturated rings. The number of rotatable bonds is 2. The number of benzene rings is 2. The third-order valence-electron chi connectivity index (χ3n) is 3.54. The highest BCUT2D eigenvalue weighted by atomic mass is 19.1. The molecule has 0 aromatic heterocycles. The second-order valence-electron chi connectivity index (χ2n) is 4.76. The van der Waals surface area contributed by atoms with E-state index in [1.54, 1.807) is 18.2 Å². The number of nitrogen functional groups attached to an aromatic ring is 1. The normalized spacial score (nSPS) is 13.7. The fourth-order valence-corrected chi connectivity index (χ4v) is 2.51. The Morgan fingerprint density at radius 1 is 1.16 bits per heavy atom. The molecule has 0 atom stereocenters. The summed E-state index contributed by atoms with van der Waals surface area (Å²) in [6.45, 7) is 1.30. The van der Waals surface area contributed by atoms with E-state index in [1.807, 2.05) is 4.90 Å². The van der Waals surface area contributed by atoms with Crippen LogP contribution in [0.5, 0.6) is 0 Å². The van der Waals surface area contributed by atoms with Crippen LogP contribution in [-0.2, 0) is 13.0 Å². The number of fused-ring (bicyclic) bond motifs is 1. The Kier molecular flexibility index (Phi) is 2.85. The van der Waals surface area contributed by atoms with Gasteiger partial charge in [0.05, 0.1) is 5.69 Å². The van der Waals surface area contributed by atoms with E-state index in [1.165, 1.54) is 18.2 Å². The quantitative estimate of drug-likeness (QED) is 0.841. The van der Waals surface area contributed by atoms with E-state index in [9.17, 15) is 8.78 Å². The standard InChI is InChI=1S/C15H14F2N2/c16-12-5-4-10-6-7-19(14(10)8-12)9-11-2-1-3-13(17)15(11)18/h1-5,8H,6-7,9,18H2. The van der Waals surface area contributed by atoms with E-state index >= 15 is 0 Å². The largest absolute Gasteiger partial charge is 0.396 e. The van der Waals surface area contributed by atoms with Crippen molar-refractivity contribution in [3.63, 3.8) is 0 Å². The minimum Gasteiger partial charge on any atom is -0.396 e. The third kappa shape index (κ3) is 2.14. The lowest BCUT2D eigenvalue weighted by Crippen LogP contribution is -2.20. The molecule has 1 aliphatic heterocycles. The van der Waals surface area contributed by atoms with Crippen LogP contribution < -0.4 is 10.6 Å². The van der Waals surface area contributed by atoms with Gasteiger partial charge < -0.3 is 10.6 Å². The number of nitrogens with zero attached hydrogens (tertiary/aromatic N) is 1. The van der Waals surface area contributed by atoms with E-state index in [0.717, 1.165) is 29.8 Å². The molecule has 3 rings (SSSR count). The molecular formula is C15H14F2N2. The molecule has 1 aliphatic rings. The van der Waals surface area contributed by atoms with Crippen LogP contribution >= 0.6 is 0 Å². The van der Waals surface area contributed by atoms with E-state index in [-0.39, 0.29) is 11.5 Å². The molecule has 2 aromatic carbocycles. The Morgan fingerprint density at radius 2 is 2.00 bits per heavy atom. The van der Waals surface area contributed by atoms with Gasteiger partial charge in [0.25, 0.3) is 0 Å². The molecule has 2 nitrogen and oxygen atoms in total. The second kappa shape index (κ2) is 4.53. The fourth-order valence-electron chi connectivity index (χ4n) is 2.51. The van der Waals surface area contributed by atoms with Crippen molar-refractivity contribution in [3.05, 3.63) is 59.2 Å². The molecule has 0 unspecified atom stereocenters. The summed E-state index contributed by atoms with van der Waals surface area (Å²) in [7, 11) is 0. The Morgan fingerprint density at radius 3 is 2.84 bits per heavy atom. The second-order valence-corrected chi connectivity index (χ2v) is 4.76. The summed E-state index contributed by atoms with van der Waals surface area (Å²) in [6, 6.07) is 9.59. The van der Waals surface area contributed by atoms with Gasteiger partial charge in [0.2, 0.25) is 0 Å². The number of nitrogens with two attached hydrogens (primary N) is 1. The maximum atomic E-state index is 13.4. The Labute approximate surface area is 110 Å². The molecule has 2 aromatic rings. The third-order valence-corrected chi connectivity index (χ3v) is 3.54. The summed E-state index contributed by atoms with van der Waals surface area (Å²) in [5, 5.41) is 0. The maximum Gasteiger partial charge on any atom is 0.146 e. The molecule has 2 N–H and O–H groups in total. The zero-order chi connectivity index (χ0) is 13.4. The van der Waals surface area contributed by atoms with Crippen molar-refractivity contribution in [2.45, 2.75) is 13.0 Å². The number of halogens is 2.